The second-order valence-electron chi connectivity index (χ2n) is 4.14. The topological polar surface area (TPSA) is 88.6 Å². The van der Waals surface area contributed by atoms with Crippen molar-refractivity contribution in [1.29, 1.82) is 0 Å². The van der Waals surface area contributed by atoms with E-state index in [9.17, 15) is 10.2 Å². The van der Waals surface area contributed by atoms with E-state index in [2.05, 4.69) is 10.1 Å². The van der Waals surface area contributed by atoms with Gasteiger partial charge in [0.05, 0.1) is 0 Å². The van der Waals surface area contributed by atoms with Crippen LogP contribution in [0.3, 0.4) is 0 Å². The van der Waals surface area contributed by atoms with Crippen LogP contribution >= 0.6 is 0 Å². The van der Waals surface area contributed by atoms with Crippen LogP contribution in [0.5, 0.6) is 11.5 Å². The smallest absolute Gasteiger partial charge is 0.265 e. The van der Waals surface area contributed by atoms with Crippen LogP contribution in [0.4, 0.5) is 0 Å². The maximum atomic E-state index is 9.73. The lowest BCUT2D eigenvalue weighted by molar-refractivity contribution is 0.0854. The molecule has 1 aromatic heterocycles. The molecule has 0 saturated heterocycles. The van der Waals surface area contributed by atoms with E-state index in [1.807, 2.05) is 6.92 Å². The first kappa shape index (κ1) is 13.4. The van der Waals surface area contributed by atoms with Gasteiger partial charge in [0.1, 0.15) is 23.2 Å². The lowest BCUT2D eigenvalue weighted by Gasteiger charge is -2.08. The number of methoxy groups -OCH3 is 1. The fraction of sp³-hybridized carbons (Fsp3) is 0.385. The van der Waals surface area contributed by atoms with Crippen molar-refractivity contribution in [3.63, 3.8) is 0 Å². The van der Waals surface area contributed by atoms with Gasteiger partial charge < -0.3 is 19.5 Å². The first-order valence-corrected chi connectivity index (χ1v) is 6.05. The number of phenols is 2. The van der Waals surface area contributed by atoms with Gasteiger partial charge >= 0.3 is 0 Å². The molecule has 1 heterocycles. The molecule has 0 aliphatic carbocycles. The zero-order valence-corrected chi connectivity index (χ0v) is 10.8. The normalized spacial score (nSPS) is 12.5. The number of benzene rings is 1. The summed E-state index contributed by atoms with van der Waals surface area (Å²) in [6.45, 7) is 2.03. The summed E-state index contributed by atoms with van der Waals surface area (Å²) in [7, 11) is 1.58. The highest BCUT2D eigenvalue weighted by Crippen LogP contribution is 2.36. The molecule has 0 amide bonds. The molecule has 2 rings (SSSR count). The lowest BCUT2D eigenvalue weighted by Crippen LogP contribution is -2.03. The highest BCUT2D eigenvalue weighted by Gasteiger charge is 2.21. The lowest BCUT2D eigenvalue weighted by atomic mass is 10.1. The molecule has 0 aliphatic rings. The predicted octanol–water partition coefficient (Wildman–Crippen LogP) is 2.64. The highest BCUT2D eigenvalue weighted by molar-refractivity contribution is 5.69. The van der Waals surface area contributed by atoms with Gasteiger partial charge in [0, 0.05) is 7.11 Å². The summed E-state index contributed by atoms with van der Waals surface area (Å²) in [4.78, 5) is 4.17. The molecule has 2 aromatic rings. The van der Waals surface area contributed by atoms with Gasteiger partial charge in [0.2, 0.25) is 5.82 Å². The summed E-state index contributed by atoms with van der Waals surface area (Å²) >= 11 is 0. The third-order valence-corrected chi connectivity index (χ3v) is 2.80. The molecule has 102 valence electrons. The summed E-state index contributed by atoms with van der Waals surface area (Å²) in [6.07, 6.45) is 1.43. The molecular formula is C13H16N2O4. The molecule has 6 heteroatoms. The van der Waals surface area contributed by atoms with E-state index in [1.54, 1.807) is 7.11 Å². The second-order valence-corrected chi connectivity index (χ2v) is 4.14. The van der Waals surface area contributed by atoms with Crippen LogP contribution in [0, 0.1) is 0 Å². The van der Waals surface area contributed by atoms with Crippen molar-refractivity contribution < 1.29 is 19.5 Å². The Bertz CT molecular complexity index is 533. The summed E-state index contributed by atoms with van der Waals surface area (Å²) in [5, 5.41) is 23.3. The SMILES string of the molecule is CCCC(OC)c1noc(-c2c(O)cccc2O)n1. The maximum Gasteiger partial charge on any atom is 0.265 e. The van der Waals surface area contributed by atoms with E-state index in [1.165, 1.54) is 18.2 Å². The molecule has 19 heavy (non-hydrogen) atoms. The van der Waals surface area contributed by atoms with E-state index in [0.717, 1.165) is 12.8 Å². The molecule has 2 N–H and O–H groups in total. The fourth-order valence-electron chi connectivity index (χ4n) is 1.83. The predicted molar refractivity (Wildman–Crippen MR) is 67.7 cm³/mol. The van der Waals surface area contributed by atoms with Crippen molar-refractivity contribution in [3.8, 4) is 23.0 Å². The molecule has 0 aliphatic heterocycles. The van der Waals surface area contributed by atoms with Crippen molar-refractivity contribution >= 4 is 0 Å². The summed E-state index contributed by atoms with van der Waals surface area (Å²) in [6, 6.07) is 4.41. The molecule has 0 saturated carbocycles. The minimum Gasteiger partial charge on any atom is -0.507 e. The van der Waals surface area contributed by atoms with E-state index in [-0.39, 0.29) is 29.1 Å². The fourth-order valence-corrected chi connectivity index (χ4v) is 1.83. The second kappa shape index (κ2) is 5.71. The Labute approximate surface area is 110 Å². The number of ether oxygens (including phenoxy) is 1. The van der Waals surface area contributed by atoms with Crippen LogP contribution in [-0.4, -0.2) is 27.5 Å². The summed E-state index contributed by atoms with van der Waals surface area (Å²) in [5.74, 6) is 0.255. The average Bonchev–Trinajstić information content (AvgIpc) is 2.85. The molecule has 0 fully saturated rings. The number of rotatable bonds is 5. The number of hydrogen-bond donors (Lipinski definition) is 2. The van der Waals surface area contributed by atoms with Crippen molar-refractivity contribution in [2.24, 2.45) is 0 Å². The van der Waals surface area contributed by atoms with Gasteiger partial charge in [0.15, 0.2) is 0 Å². The quantitative estimate of drug-likeness (QED) is 0.863. The van der Waals surface area contributed by atoms with E-state index in [0.29, 0.717) is 5.82 Å². The Morgan fingerprint density at radius 2 is 2.00 bits per heavy atom. The van der Waals surface area contributed by atoms with E-state index < -0.39 is 0 Å². The molecule has 1 aromatic carbocycles. The number of nitrogens with zero attached hydrogens (tertiary/aromatic N) is 2. The van der Waals surface area contributed by atoms with Gasteiger partial charge in [-0.1, -0.05) is 24.6 Å². The number of aromatic hydroxyl groups is 2. The number of phenolic OH excluding ortho intramolecular Hbond substituents is 2. The highest BCUT2D eigenvalue weighted by atomic mass is 16.5. The molecular weight excluding hydrogens is 248 g/mol. The monoisotopic (exact) mass is 264 g/mol. The van der Waals surface area contributed by atoms with Crippen LogP contribution in [0.2, 0.25) is 0 Å². The van der Waals surface area contributed by atoms with Crippen molar-refractivity contribution in [3.05, 3.63) is 24.0 Å². The Morgan fingerprint density at radius 1 is 1.32 bits per heavy atom. The largest absolute Gasteiger partial charge is 0.507 e. The Morgan fingerprint density at radius 3 is 2.58 bits per heavy atom. The Hall–Kier alpha value is -2.08. The van der Waals surface area contributed by atoms with Gasteiger partial charge in [-0.2, -0.15) is 4.98 Å². The van der Waals surface area contributed by atoms with Gasteiger partial charge in [0.25, 0.3) is 5.89 Å². The Balaban J connectivity index is 2.35. The van der Waals surface area contributed by atoms with E-state index in [4.69, 9.17) is 9.26 Å². The van der Waals surface area contributed by atoms with Crippen molar-refractivity contribution in [2.45, 2.75) is 25.9 Å². The third-order valence-electron chi connectivity index (χ3n) is 2.80. The minimum atomic E-state index is -0.254. The third kappa shape index (κ3) is 2.68. The molecule has 6 nitrogen and oxygen atoms in total. The van der Waals surface area contributed by atoms with Crippen LogP contribution in [-0.2, 0) is 4.74 Å². The van der Waals surface area contributed by atoms with Gasteiger partial charge in [-0.3, -0.25) is 0 Å². The first-order chi connectivity index (χ1) is 9.17. The van der Waals surface area contributed by atoms with Crippen LogP contribution in [0.1, 0.15) is 31.7 Å². The van der Waals surface area contributed by atoms with Gasteiger partial charge in [-0.15, -0.1) is 0 Å². The first-order valence-electron chi connectivity index (χ1n) is 6.05. The zero-order chi connectivity index (χ0) is 13.8. The summed E-state index contributed by atoms with van der Waals surface area (Å²) in [5.41, 5.74) is 0.132. The van der Waals surface area contributed by atoms with E-state index >= 15 is 0 Å². The zero-order valence-electron chi connectivity index (χ0n) is 10.8. The standard InChI is InChI=1S/C13H16N2O4/c1-3-5-10(18-2)12-14-13(19-15-12)11-8(16)6-4-7-9(11)17/h4,6-7,10,16-17H,3,5H2,1-2H3. The maximum absolute atomic E-state index is 9.73. The molecule has 1 atom stereocenters. The molecule has 0 spiro atoms. The summed E-state index contributed by atoms with van der Waals surface area (Å²) < 4.78 is 10.4. The van der Waals surface area contributed by atoms with Crippen molar-refractivity contribution in [1.82, 2.24) is 10.1 Å². The molecule has 0 radical (unpaired) electrons. The van der Waals surface area contributed by atoms with Crippen molar-refractivity contribution in [2.75, 3.05) is 7.11 Å². The van der Waals surface area contributed by atoms with Crippen LogP contribution in [0.15, 0.2) is 22.7 Å². The van der Waals surface area contributed by atoms with Crippen LogP contribution in [0.25, 0.3) is 11.5 Å². The molecule has 0 bridgehead atoms. The number of aromatic nitrogens is 2. The Kier molecular flexibility index (Phi) is 4.01. The number of hydrogen-bond acceptors (Lipinski definition) is 6. The molecule has 1 unspecified atom stereocenters. The minimum absolute atomic E-state index is 0.0729. The van der Waals surface area contributed by atoms with Gasteiger partial charge in [-0.25, -0.2) is 0 Å². The average molecular weight is 264 g/mol. The van der Waals surface area contributed by atoms with Gasteiger partial charge in [-0.05, 0) is 18.6 Å². The van der Waals surface area contributed by atoms with Crippen LogP contribution < -0.4 is 0 Å².